The molecule has 1 atom stereocenters. The van der Waals surface area contributed by atoms with Crippen molar-refractivity contribution in [2.75, 3.05) is 17.5 Å². The second-order valence-corrected chi connectivity index (χ2v) is 7.85. The van der Waals surface area contributed by atoms with Gasteiger partial charge < -0.3 is 19.3 Å². The van der Waals surface area contributed by atoms with Crippen molar-refractivity contribution in [3.05, 3.63) is 65.5 Å². The summed E-state index contributed by atoms with van der Waals surface area (Å²) in [5.74, 6) is 0.720. The van der Waals surface area contributed by atoms with Crippen molar-refractivity contribution in [2.45, 2.75) is 13.5 Å². The maximum atomic E-state index is 12.7. The zero-order chi connectivity index (χ0) is 22.0. The second kappa shape index (κ2) is 8.78. The van der Waals surface area contributed by atoms with Gasteiger partial charge >= 0.3 is 0 Å². The van der Waals surface area contributed by atoms with Gasteiger partial charge in [-0.15, -0.1) is 0 Å². The van der Waals surface area contributed by atoms with Gasteiger partial charge in [0.05, 0.1) is 28.8 Å². The quantitative estimate of drug-likeness (QED) is 0.588. The van der Waals surface area contributed by atoms with Crippen LogP contribution in [0.15, 0.2) is 48.8 Å². The molecule has 4 rings (SSSR count). The van der Waals surface area contributed by atoms with Crippen LogP contribution in [-0.4, -0.2) is 37.7 Å². The highest BCUT2D eigenvalue weighted by Crippen LogP contribution is 2.38. The van der Waals surface area contributed by atoms with Gasteiger partial charge in [0.25, 0.3) is 5.91 Å². The SMILES string of the molecule is Cc1ccc(C(=O)NCc2cnn(C)c2)cc1N(c1ccc2c(c1)OCCO2)S(=O)[O-]. The first-order valence-corrected chi connectivity index (χ1v) is 10.6. The van der Waals surface area contributed by atoms with Crippen molar-refractivity contribution >= 4 is 28.5 Å². The molecule has 1 aliphatic rings. The normalized spacial score (nSPS) is 13.5. The van der Waals surface area contributed by atoms with E-state index in [1.54, 1.807) is 61.2 Å². The second-order valence-electron chi connectivity index (χ2n) is 7.05. The summed E-state index contributed by atoms with van der Waals surface area (Å²) in [5, 5.41) is 6.89. The highest BCUT2D eigenvalue weighted by molar-refractivity contribution is 7.81. The average Bonchev–Trinajstić information content (AvgIpc) is 3.18. The number of nitrogens with zero attached hydrogens (tertiary/aromatic N) is 3. The number of anilines is 2. The van der Waals surface area contributed by atoms with Gasteiger partial charge in [0.15, 0.2) is 11.5 Å². The lowest BCUT2D eigenvalue weighted by Crippen LogP contribution is -2.24. The number of benzene rings is 2. The zero-order valence-corrected chi connectivity index (χ0v) is 17.8. The summed E-state index contributed by atoms with van der Waals surface area (Å²) >= 11 is -2.62. The van der Waals surface area contributed by atoms with Crippen molar-refractivity contribution in [3.63, 3.8) is 0 Å². The zero-order valence-electron chi connectivity index (χ0n) is 17.0. The lowest BCUT2D eigenvalue weighted by molar-refractivity contribution is 0.0951. The summed E-state index contributed by atoms with van der Waals surface area (Å²) in [6.07, 6.45) is 3.48. The van der Waals surface area contributed by atoms with Crippen LogP contribution in [0.5, 0.6) is 11.5 Å². The molecule has 1 aromatic heterocycles. The molecule has 10 heteroatoms. The predicted molar refractivity (Wildman–Crippen MR) is 114 cm³/mol. The molecule has 2 aromatic carbocycles. The Balaban J connectivity index is 1.62. The Morgan fingerprint density at radius 2 is 2.00 bits per heavy atom. The largest absolute Gasteiger partial charge is 0.755 e. The number of ether oxygens (including phenoxy) is 2. The Morgan fingerprint density at radius 3 is 2.71 bits per heavy atom. The Bertz CT molecular complexity index is 1150. The first-order valence-electron chi connectivity index (χ1n) is 9.58. The molecule has 31 heavy (non-hydrogen) atoms. The molecular formula is C21H21N4O5S-. The molecule has 1 N–H and O–H groups in total. The summed E-state index contributed by atoms with van der Waals surface area (Å²) in [5.41, 5.74) is 2.66. The predicted octanol–water partition coefficient (Wildman–Crippen LogP) is 2.36. The third kappa shape index (κ3) is 4.54. The van der Waals surface area contributed by atoms with Gasteiger partial charge in [-0.25, -0.2) is 0 Å². The molecule has 1 amide bonds. The maximum absolute atomic E-state index is 12.7. The number of hydrogen-bond donors (Lipinski definition) is 1. The number of fused-ring (bicyclic) bond motifs is 1. The number of amides is 1. The van der Waals surface area contributed by atoms with Crippen molar-refractivity contribution in [1.82, 2.24) is 15.1 Å². The number of hydrogen-bond acceptors (Lipinski definition) is 6. The molecule has 1 aliphatic heterocycles. The first kappa shape index (κ1) is 20.9. The maximum Gasteiger partial charge on any atom is 0.251 e. The smallest absolute Gasteiger partial charge is 0.251 e. The monoisotopic (exact) mass is 441 g/mol. The van der Waals surface area contributed by atoms with E-state index in [0.717, 1.165) is 9.87 Å². The molecule has 1 unspecified atom stereocenters. The molecule has 2 heterocycles. The Labute approximate surface area is 182 Å². The van der Waals surface area contributed by atoms with Crippen LogP contribution in [0.2, 0.25) is 0 Å². The number of aryl methyl sites for hydroxylation is 2. The van der Waals surface area contributed by atoms with E-state index in [2.05, 4.69) is 10.4 Å². The van der Waals surface area contributed by atoms with Gasteiger partial charge in [0, 0.05) is 37.0 Å². The summed E-state index contributed by atoms with van der Waals surface area (Å²) in [6, 6.07) is 9.85. The van der Waals surface area contributed by atoms with Crippen molar-refractivity contribution in [1.29, 1.82) is 0 Å². The van der Waals surface area contributed by atoms with Gasteiger partial charge in [-0.1, -0.05) is 6.07 Å². The number of aromatic nitrogens is 2. The van der Waals surface area contributed by atoms with Crippen LogP contribution >= 0.6 is 0 Å². The van der Waals surface area contributed by atoms with Gasteiger partial charge in [-0.2, -0.15) is 5.10 Å². The summed E-state index contributed by atoms with van der Waals surface area (Å²) in [4.78, 5) is 12.7. The minimum atomic E-state index is -2.62. The number of carbonyl (C=O) groups excluding carboxylic acids is 1. The number of nitrogens with one attached hydrogen (secondary N) is 1. The Hall–Kier alpha value is -3.37. The topological polar surface area (TPSA) is 109 Å². The first-order chi connectivity index (χ1) is 14.9. The van der Waals surface area contributed by atoms with E-state index in [0.29, 0.717) is 53.8 Å². The lowest BCUT2D eigenvalue weighted by Gasteiger charge is -2.29. The number of rotatable bonds is 6. The Kier molecular flexibility index (Phi) is 5.92. The molecule has 0 aliphatic carbocycles. The van der Waals surface area contributed by atoms with Crippen LogP contribution in [0.4, 0.5) is 11.4 Å². The van der Waals surface area contributed by atoms with Crippen LogP contribution in [0.1, 0.15) is 21.5 Å². The van der Waals surface area contributed by atoms with Gasteiger partial charge in [0.2, 0.25) is 0 Å². The minimum absolute atomic E-state index is 0.315. The molecule has 0 saturated heterocycles. The molecule has 0 saturated carbocycles. The fraction of sp³-hybridized carbons (Fsp3) is 0.238. The van der Waals surface area contributed by atoms with Crippen LogP contribution in [0.3, 0.4) is 0 Å². The molecule has 0 radical (unpaired) electrons. The third-order valence-corrected chi connectivity index (χ3v) is 5.52. The Morgan fingerprint density at radius 1 is 1.23 bits per heavy atom. The number of carbonyl (C=O) groups is 1. The highest BCUT2D eigenvalue weighted by Gasteiger charge is 2.19. The highest BCUT2D eigenvalue weighted by atomic mass is 32.2. The molecule has 9 nitrogen and oxygen atoms in total. The molecule has 162 valence electrons. The van der Waals surface area contributed by atoms with E-state index in [9.17, 15) is 13.6 Å². The van der Waals surface area contributed by atoms with Crippen molar-refractivity contribution in [2.24, 2.45) is 7.05 Å². The molecule has 0 fully saturated rings. The summed E-state index contributed by atoms with van der Waals surface area (Å²) in [7, 11) is 1.80. The third-order valence-electron chi connectivity index (χ3n) is 4.81. The van der Waals surface area contributed by atoms with Gasteiger partial charge in [-0.3, -0.25) is 18.0 Å². The molecule has 0 spiro atoms. The van der Waals surface area contributed by atoms with E-state index in [4.69, 9.17) is 9.47 Å². The average molecular weight is 441 g/mol. The van der Waals surface area contributed by atoms with Crippen LogP contribution in [0, 0.1) is 6.92 Å². The van der Waals surface area contributed by atoms with Gasteiger partial charge in [0.1, 0.15) is 13.2 Å². The van der Waals surface area contributed by atoms with Gasteiger partial charge in [-0.05, 0) is 36.8 Å². The van der Waals surface area contributed by atoms with Crippen LogP contribution < -0.4 is 19.1 Å². The minimum Gasteiger partial charge on any atom is -0.755 e. The molecule has 0 bridgehead atoms. The van der Waals surface area contributed by atoms with E-state index in [-0.39, 0.29) is 5.91 Å². The van der Waals surface area contributed by atoms with Crippen LogP contribution in [-0.2, 0) is 24.9 Å². The fourth-order valence-electron chi connectivity index (χ4n) is 3.28. The summed E-state index contributed by atoms with van der Waals surface area (Å²) < 4.78 is 38.2. The van der Waals surface area contributed by atoms with E-state index < -0.39 is 11.3 Å². The fourth-order valence-corrected chi connectivity index (χ4v) is 3.92. The standard InChI is InChI=1S/C21H22N4O5S/c1-14-3-4-16(21(26)22-11-15-12-23-24(2)13-15)9-18(14)25(31(27)28)17-5-6-19-20(10-17)30-8-7-29-19/h3-6,9-10,12-13H,7-8,11H2,1-2H3,(H,22,26)(H,27,28)/p-1. The molecule has 3 aromatic rings. The van der Waals surface area contributed by atoms with Crippen LogP contribution in [0.25, 0.3) is 0 Å². The van der Waals surface area contributed by atoms with E-state index in [1.807, 2.05) is 6.20 Å². The van der Waals surface area contributed by atoms with Crippen molar-refractivity contribution < 1.29 is 23.0 Å². The van der Waals surface area contributed by atoms with Crippen molar-refractivity contribution in [3.8, 4) is 11.5 Å². The summed E-state index contributed by atoms with van der Waals surface area (Å²) in [6.45, 7) is 2.93. The van der Waals surface area contributed by atoms with E-state index in [1.165, 1.54) is 0 Å². The lowest BCUT2D eigenvalue weighted by atomic mass is 10.1. The van der Waals surface area contributed by atoms with E-state index >= 15 is 0 Å². The molecular weight excluding hydrogens is 420 g/mol.